The topological polar surface area (TPSA) is 135 Å². The second-order valence-electron chi connectivity index (χ2n) is 11.9. The van der Waals surface area contributed by atoms with E-state index in [-0.39, 0.29) is 31.6 Å². The fourth-order valence-electron chi connectivity index (χ4n) is 4.73. The van der Waals surface area contributed by atoms with Gasteiger partial charge in [0.25, 0.3) is 0 Å². The number of ether oxygens (including phenoxy) is 2. The van der Waals surface area contributed by atoms with Crippen molar-refractivity contribution in [3.63, 3.8) is 0 Å². The van der Waals surface area contributed by atoms with Crippen molar-refractivity contribution < 1.29 is 23.5 Å². The molecule has 3 rings (SSSR count). The zero-order valence-electron chi connectivity index (χ0n) is 25.7. The molecule has 1 aromatic carbocycles. The minimum atomic E-state index is -3.84. The van der Waals surface area contributed by atoms with E-state index in [4.69, 9.17) is 19.7 Å². The molecule has 3 aromatic rings. The van der Waals surface area contributed by atoms with Crippen LogP contribution >= 0.6 is 7.60 Å². The maximum Gasteiger partial charge on any atom is 0.353 e. The van der Waals surface area contributed by atoms with Crippen molar-refractivity contribution in [3.05, 3.63) is 48.0 Å². The number of aromatic nitrogens is 4. The lowest BCUT2D eigenvalue weighted by molar-refractivity contribution is 0.0841. The van der Waals surface area contributed by atoms with Crippen molar-refractivity contribution in [2.45, 2.75) is 96.9 Å². The lowest BCUT2D eigenvalue weighted by Crippen LogP contribution is -2.10. The lowest BCUT2D eigenvalue weighted by Gasteiger charge is -2.19. The summed E-state index contributed by atoms with van der Waals surface area (Å²) in [6.07, 6.45) is 14.9. The molecular weight excluding hydrogens is 553 g/mol. The number of anilines is 1. The van der Waals surface area contributed by atoms with Crippen LogP contribution in [0.15, 0.2) is 36.9 Å². The summed E-state index contributed by atoms with van der Waals surface area (Å²) in [6.45, 7) is 8.36. The van der Waals surface area contributed by atoms with Gasteiger partial charge in [0.2, 0.25) is 0 Å². The Bertz CT molecular complexity index is 1230. The predicted molar refractivity (Wildman–Crippen MR) is 168 cm³/mol. The third-order valence-corrected chi connectivity index (χ3v) is 8.35. The molecule has 0 fully saturated rings. The maximum absolute atomic E-state index is 12.2. The largest absolute Gasteiger partial charge is 0.382 e. The number of fused-ring (bicyclic) bond motifs is 1. The van der Waals surface area contributed by atoms with Crippen molar-refractivity contribution in [1.82, 2.24) is 19.5 Å². The molecule has 0 saturated heterocycles. The number of unbranched alkanes of at least 4 members (excludes halogenated alkanes) is 8. The van der Waals surface area contributed by atoms with Crippen molar-refractivity contribution in [3.8, 4) is 0 Å². The van der Waals surface area contributed by atoms with Gasteiger partial charge in [-0.15, -0.1) is 0 Å². The summed E-state index contributed by atoms with van der Waals surface area (Å²) in [6, 6.07) is 9.14. The van der Waals surface area contributed by atoms with Gasteiger partial charge in [-0.25, -0.2) is 15.0 Å². The fraction of sp³-hybridized carbons (Fsp3) is 0.645. The third kappa shape index (κ3) is 12.5. The van der Waals surface area contributed by atoms with Crippen molar-refractivity contribution >= 4 is 24.6 Å². The van der Waals surface area contributed by atoms with Crippen LogP contribution in [0.3, 0.4) is 0 Å². The highest BCUT2D eigenvalue weighted by atomic mass is 31.2. The Kier molecular flexibility index (Phi) is 14.4. The average Bonchev–Trinajstić information content (AvgIpc) is 3.37. The first-order chi connectivity index (χ1) is 20.2. The van der Waals surface area contributed by atoms with Gasteiger partial charge in [0, 0.05) is 13.2 Å². The SMILES string of the molecule is CC(C)(C)c1ccc(CCCCCCCCCCCOCCOP(=O)(O)COCCn2cnc3c(N)ncnc32)cc1. The molecule has 0 saturated carbocycles. The molecule has 42 heavy (non-hydrogen) atoms. The smallest absolute Gasteiger partial charge is 0.353 e. The fourth-order valence-corrected chi connectivity index (χ4v) is 5.52. The minimum absolute atomic E-state index is 0.0573. The molecule has 0 bridgehead atoms. The molecule has 0 spiro atoms. The standard InChI is InChI=1S/C31H50N5O5P/c1-31(2,3)27-16-14-26(15-17-27)13-11-9-7-5-4-6-8-10-12-19-39-21-22-41-42(37,38)25-40-20-18-36-24-35-28-29(32)33-23-34-30(28)36/h14-17,23-24H,4-13,18-22,25H2,1-3H3,(H,37,38)(H2,32,33,34). The Morgan fingerprint density at radius 3 is 2.19 bits per heavy atom. The Balaban J connectivity index is 1.08. The van der Waals surface area contributed by atoms with E-state index >= 15 is 0 Å². The number of nitrogen functional groups attached to an aromatic ring is 1. The molecule has 1 unspecified atom stereocenters. The summed E-state index contributed by atoms with van der Waals surface area (Å²) in [5, 5.41) is 0. The number of imidazole rings is 1. The van der Waals surface area contributed by atoms with Crippen LogP contribution in [0.4, 0.5) is 5.82 Å². The molecule has 0 aliphatic heterocycles. The molecule has 234 valence electrons. The van der Waals surface area contributed by atoms with Crippen LogP contribution in [0, 0.1) is 0 Å². The van der Waals surface area contributed by atoms with E-state index in [0.29, 0.717) is 30.1 Å². The van der Waals surface area contributed by atoms with Gasteiger partial charge >= 0.3 is 7.60 Å². The van der Waals surface area contributed by atoms with Crippen LogP contribution in [0.2, 0.25) is 0 Å². The number of nitrogens with two attached hydrogens (primary N) is 1. The van der Waals surface area contributed by atoms with E-state index < -0.39 is 7.60 Å². The molecule has 11 heteroatoms. The Morgan fingerprint density at radius 1 is 0.833 bits per heavy atom. The summed E-state index contributed by atoms with van der Waals surface area (Å²) in [4.78, 5) is 22.2. The van der Waals surface area contributed by atoms with Gasteiger partial charge in [-0.3, -0.25) is 4.57 Å². The van der Waals surface area contributed by atoms with E-state index in [1.54, 1.807) is 10.9 Å². The molecule has 3 N–H and O–H groups in total. The van der Waals surface area contributed by atoms with Crippen LogP contribution in [-0.4, -0.2) is 57.2 Å². The van der Waals surface area contributed by atoms with E-state index in [1.165, 1.54) is 68.8 Å². The van der Waals surface area contributed by atoms with Crippen molar-refractivity contribution in [2.24, 2.45) is 0 Å². The van der Waals surface area contributed by atoms with Gasteiger partial charge in [-0.2, -0.15) is 0 Å². The zero-order chi connectivity index (χ0) is 30.3. The second-order valence-corrected chi connectivity index (χ2v) is 13.7. The Morgan fingerprint density at radius 2 is 1.50 bits per heavy atom. The van der Waals surface area contributed by atoms with Crippen LogP contribution in [0.25, 0.3) is 11.2 Å². The average molecular weight is 604 g/mol. The van der Waals surface area contributed by atoms with Gasteiger partial charge in [-0.05, 0) is 35.8 Å². The van der Waals surface area contributed by atoms with Crippen LogP contribution in [0.1, 0.15) is 89.7 Å². The van der Waals surface area contributed by atoms with Crippen molar-refractivity contribution in [2.75, 3.05) is 38.5 Å². The van der Waals surface area contributed by atoms with Crippen molar-refractivity contribution in [1.29, 1.82) is 0 Å². The molecule has 0 amide bonds. The summed E-state index contributed by atoms with van der Waals surface area (Å²) in [5.74, 6) is 0.307. The van der Waals surface area contributed by atoms with E-state index in [0.717, 1.165) is 12.8 Å². The number of rotatable bonds is 21. The van der Waals surface area contributed by atoms with Gasteiger partial charge in [0.05, 0.1) is 26.1 Å². The van der Waals surface area contributed by atoms with E-state index in [1.807, 2.05) is 0 Å². The number of benzene rings is 1. The predicted octanol–water partition coefficient (Wildman–Crippen LogP) is 6.65. The van der Waals surface area contributed by atoms with Gasteiger partial charge < -0.3 is 29.2 Å². The first-order valence-corrected chi connectivity index (χ1v) is 17.0. The van der Waals surface area contributed by atoms with Crippen LogP contribution < -0.4 is 5.73 Å². The Hall–Kier alpha value is -2.36. The number of nitrogens with zero attached hydrogens (tertiary/aromatic N) is 4. The molecular formula is C31H50N5O5P. The maximum atomic E-state index is 12.2. The van der Waals surface area contributed by atoms with Gasteiger partial charge in [0.1, 0.15) is 18.2 Å². The second kappa shape index (κ2) is 17.7. The minimum Gasteiger partial charge on any atom is -0.382 e. The Labute approximate surface area is 250 Å². The lowest BCUT2D eigenvalue weighted by atomic mass is 9.86. The normalized spacial score (nSPS) is 13.5. The van der Waals surface area contributed by atoms with E-state index in [2.05, 4.69) is 60.0 Å². The van der Waals surface area contributed by atoms with Crippen LogP contribution in [0.5, 0.6) is 0 Å². The number of hydrogen-bond acceptors (Lipinski definition) is 8. The highest BCUT2D eigenvalue weighted by molar-refractivity contribution is 7.52. The zero-order valence-corrected chi connectivity index (χ0v) is 26.6. The van der Waals surface area contributed by atoms with Gasteiger partial charge in [-0.1, -0.05) is 90.0 Å². The number of hydrogen-bond donors (Lipinski definition) is 2. The molecule has 0 radical (unpaired) electrons. The molecule has 10 nitrogen and oxygen atoms in total. The highest BCUT2D eigenvalue weighted by Crippen LogP contribution is 2.41. The molecule has 1 atom stereocenters. The molecule has 0 aliphatic carbocycles. The summed E-state index contributed by atoms with van der Waals surface area (Å²) < 4.78 is 29.9. The first-order valence-electron chi connectivity index (χ1n) is 15.3. The molecule has 0 aliphatic rings. The third-order valence-electron chi connectivity index (χ3n) is 7.26. The quantitative estimate of drug-likeness (QED) is 0.101. The van der Waals surface area contributed by atoms with Crippen LogP contribution in [-0.2, 0) is 36.9 Å². The first kappa shape index (κ1) is 34.1. The number of aryl methyl sites for hydroxylation is 1. The summed E-state index contributed by atoms with van der Waals surface area (Å²) >= 11 is 0. The summed E-state index contributed by atoms with van der Waals surface area (Å²) in [7, 11) is -3.84. The summed E-state index contributed by atoms with van der Waals surface area (Å²) in [5.41, 5.74) is 9.96. The van der Waals surface area contributed by atoms with E-state index in [9.17, 15) is 9.46 Å². The highest BCUT2D eigenvalue weighted by Gasteiger charge is 2.19. The molecule has 2 aromatic heterocycles. The monoisotopic (exact) mass is 603 g/mol. The molecule has 2 heterocycles. The van der Waals surface area contributed by atoms with Gasteiger partial charge in [0.15, 0.2) is 11.5 Å².